The Morgan fingerprint density at radius 3 is 2.91 bits per heavy atom. The molecule has 0 radical (unpaired) electrons. The summed E-state index contributed by atoms with van der Waals surface area (Å²) in [5, 5.41) is 4.16. The SMILES string of the molecule is CC(C)Cn1nccc1CN. The van der Waals surface area contributed by atoms with E-state index in [1.54, 1.807) is 6.20 Å². The molecular formula is C8H15N3. The van der Waals surface area contributed by atoms with Gasteiger partial charge in [-0.05, 0) is 12.0 Å². The Bertz CT molecular complexity index is 215. The van der Waals surface area contributed by atoms with Crippen LogP contribution in [0.25, 0.3) is 0 Å². The molecule has 0 saturated heterocycles. The Morgan fingerprint density at radius 2 is 2.36 bits per heavy atom. The van der Waals surface area contributed by atoms with Crippen LogP contribution in [0.2, 0.25) is 0 Å². The van der Waals surface area contributed by atoms with Gasteiger partial charge in [0.2, 0.25) is 0 Å². The average Bonchev–Trinajstić information content (AvgIpc) is 2.34. The highest BCUT2D eigenvalue weighted by molar-refractivity contribution is 4.99. The summed E-state index contributed by atoms with van der Waals surface area (Å²) < 4.78 is 1.96. The molecule has 0 aliphatic rings. The van der Waals surface area contributed by atoms with Gasteiger partial charge in [-0.15, -0.1) is 0 Å². The predicted octanol–water partition coefficient (Wildman–Crippen LogP) is 0.998. The van der Waals surface area contributed by atoms with Crippen LogP contribution in [0, 0.1) is 5.92 Å². The third-order valence-electron chi connectivity index (χ3n) is 1.55. The van der Waals surface area contributed by atoms with Gasteiger partial charge in [-0.1, -0.05) is 13.8 Å². The normalized spacial score (nSPS) is 10.9. The molecule has 0 unspecified atom stereocenters. The molecule has 0 spiro atoms. The van der Waals surface area contributed by atoms with Crippen molar-refractivity contribution >= 4 is 0 Å². The Morgan fingerprint density at radius 1 is 1.64 bits per heavy atom. The van der Waals surface area contributed by atoms with E-state index in [2.05, 4.69) is 18.9 Å². The van der Waals surface area contributed by atoms with Crippen LogP contribution in [-0.4, -0.2) is 9.78 Å². The van der Waals surface area contributed by atoms with E-state index >= 15 is 0 Å². The second-order valence-corrected chi connectivity index (χ2v) is 3.10. The summed E-state index contributed by atoms with van der Waals surface area (Å²) >= 11 is 0. The maximum atomic E-state index is 5.51. The monoisotopic (exact) mass is 153 g/mol. The Labute approximate surface area is 67.2 Å². The van der Waals surface area contributed by atoms with Crippen molar-refractivity contribution in [3.8, 4) is 0 Å². The highest BCUT2D eigenvalue weighted by atomic mass is 15.3. The summed E-state index contributed by atoms with van der Waals surface area (Å²) in [5.74, 6) is 0.625. The zero-order chi connectivity index (χ0) is 8.27. The minimum Gasteiger partial charge on any atom is -0.325 e. The molecule has 0 bridgehead atoms. The van der Waals surface area contributed by atoms with E-state index in [0.29, 0.717) is 12.5 Å². The van der Waals surface area contributed by atoms with E-state index in [9.17, 15) is 0 Å². The fourth-order valence-electron chi connectivity index (χ4n) is 1.04. The van der Waals surface area contributed by atoms with E-state index in [1.807, 2.05) is 10.7 Å². The zero-order valence-corrected chi connectivity index (χ0v) is 7.12. The molecule has 62 valence electrons. The first-order valence-corrected chi connectivity index (χ1v) is 3.94. The van der Waals surface area contributed by atoms with E-state index in [4.69, 9.17) is 5.73 Å². The molecule has 0 fully saturated rings. The lowest BCUT2D eigenvalue weighted by atomic mass is 10.2. The average molecular weight is 153 g/mol. The molecular weight excluding hydrogens is 138 g/mol. The van der Waals surface area contributed by atoms with Gasteiger partial charge in [-0.25, -0.2) is 0 Å². The van der Waals surface area contributed by atoms with Gasteiger partial charge in [0, 0.05) is 19.3 Å². The summed E-state index contributed by atoms with van der Waals surface area (Å²) in [6.07, 6.45) is 1.80. The fraction of sp³-hybridized carbons (Fsp3) is 0.625. The second kappa shape index (κ2) is 3.53. The molecule has 1 aromatic rings. The highest BCUT2D eigenvalue weighted by Gasteiger charge is 2.01. The lowest BCUT2D eigenvalue weighted by Gasteiger charge is -2.07. The number of hydrogen-bond donors (Lipinski definition) is 1. The van der Waals surface area contributed by atoms with E-state index in [0.717, 1.165) is 12.2 Å². The molecule has 0 aliphatic carbocycles. The fourth-order valence-corrected chi connectivity index (χ4v) is 1.04. The molecule has 0 aromatic carbocycles. The molecule has 2 N–H and O–H groups in total. The maximum absolute atomic E-state index is 5.51. The summed E-state index contributed by atoms with van der Waals surface area (Å²) in [6, 6.07) is 1.96. The van der Waals surface area contributed by atoms with Crippen LogP contribution in [0.1, 0.15) is 19.5 Å². The largest absolute Gasteiger partial charge is 0.325 e. The number of aromatic nitrogens is 2. The van der Waals surface area contributed by atoms with Crippen LogP contribution < -0.4 is 5.73 Å². The van der Waals surface area contributed by atoms with Gasteiger partial charge in [0.15, 0.2) is 0 Å². The molecule has 1 aromatic heterocycles. The van der Waals surface area contributed by atoms with Gasteiger partial charge in [0.25, 0.3) is 0 Å². The van der Waals surface area contributed by atoms with Gasteiger partial charge in [-0.2, -0.15) is 5.10 Å². The van der Waals surface area contributed by atoms with Gasteiger partial charge in [0.05, 0.1) is 5.69 Å². The molecule has 3 nitrogen and oxygen atoms in total. The predicted molar refractivity (Wildman–Crippen MR) is 45.0 cm³/mol. The lowest BCUT2D eigenvalue weighted by Crippen LogP contribution is -2.12. The van der Waals surface area contributed by atoms with Crippen LogP contribution in [0.3, 0.4) is 0 Å². The topological polar surface area (TPSA) is 43.8 Å². The van der Waals surface area contributed by atoms with Crippen LogP contribution in [0.15, 0.2) is 12.3 Å². The van der Waals surface area contributed by atoms with E-state index < -0.39 is 0 Å². The highest BCUT2D eigenvalue weighted by Crippen LogP contribution is 2.02. The van der Waals surface area contributed by atoms with Crippen LogP contribution in [0.4, 0.5) is 0 Å². The molecule has 11 heavy (non-hydrogen) atoms. The molecule has 3 heteroatoms. The van der Waals surface area contributed by atoms with Crippen molar-refractivity contribution in [3.63, 3.8) is 0 Å². The minimum absolute atomic E-state index is 0.576. The number of nitrogens with two attached hydrogens (primary N) is 1. The van der Waals surface area contributed by atoms with Crippen LogP contribution in [-0.2, 0) is 13.1 Å². The summed E-state index contributed by atoms with van der Waals surface area (Å²) in [6.45, 7) is 5.87. The van der Waals surface area contributed by atoms with Crippen molar-refractivity contribution in [1.29, 1.82) is 0 Å². The summed E-state index contributed by atoms with van der Waals surface area (Å²) in [4.78, 5) is 0. The van der Waals surface area contributed by atoms with Crippen LogP contribution in [0.5, 0.6) is 0 Å². The third-order valence-corrected chi connectivity index (χ3v) is 1.55. The number of nitrogens with zero attached hydrogens (tertiary/aromatic N) is 2. The quantitative estimate of drug-likeness (QED) is 0.704. The molecule has 1 heterocycles. The zero-order valence-electron chi connectivity index (χ0n) is 7.12. The van der Waals surface area contributed by atoms with Gasteiger partial charge >= 0.3 is 0 Å². The van der Waals surface area contributed by atoms with Crippen molar-refractivity contribution < 1.29 is 0 Å². The molecule has 1 rings (SSSR count). The van der Waals surface area contributed by atoms with Crippen molar-refractivity contribution in [2.45, 2.75) is 26.9 Å². The molecule has 0 aliphatic heterocycles. The van der Waals surface area contributed by atoms with E-state index in [-0.39, 0.29) is 0 Å². The summed E-state index contributed by atoms with van der Waals surface area (Å²) in [7, 11) is 0. The Kier molecular flexibility index (Phi) is 2.65. The summed E-state index contributed by atoms with van der Waals surface area (Å²) in [5.41, 5.74) is 6.62. The minimum atomic E-state index is 0.576. The van der Waals surface area contributed by atoms with Crippen molar-refractivity contribution in [3.05, 3.63) is 18.0 Å². The smallest absolute Gasteiger partial charge is 0.0519 e. The van der Waals surface area contributed by atoms with Gasteiger partial charge in [0.1, 0.15) is 0 Å². The van der Waals surface area contributed by atoms with Gasteiger partial charge < -0.3 is 5.73 Å². The van der Waals surface area contributed by atoms with Crippen LogP contribution >= 0.6 is 0 Å². The van der Waals surface area contributed by atoms with Gasteiger partial charge in [-0.3, -0.25) is 4.68 Å². The number of hydrogen-bond acceptors (Lipinski definition) is 2. The van der Waals surface area contributed by atoms with Crippen molar-refractivity contribution in [2.24, 2.45) is 11.7 Å². The molecule has 0 amide bonds. The first-order valence-electron chi connectivity index (χ1n) is 3.94. The standard InChI is InChI=1S/C8H15N3/c1-7(2)6-11-8(5-9)3-4-10-11/h3-4,7H,5-6,9H2,1-2H3. The first-order chi connectivity index (χ1) is 5.24. The second-order valence-electron chi connectivity index (χ2n) is 3.10. The first kappa shape index (κ1) is 8.27. The third kappa shape index (κ3) is 2.05. The molecule has 0 saturated carbocycles. The Hall–Kier alpha value is -0.830. The number of rotatable bonds is 3. The van der Waals surface area contributed by atoms with Crippen molar-refractivity contribution in [2.75, 3.05) is 0 Å². The van der Waals surface area contributed by atoms with Crippen molar-refractivity contribution in [1.82, 2.24) is 9.78 Å². The maximum Gasteiger partial charge on any atom is 0.0519 e. The molecule has 0 atom stereocenters. The lowest BCUT2D eigenvalue weighted by molar-refractivity contribution is 0.469. The Balaban J connectivity index is 2.68. The van der Waals surface area contributed by atoms with E-state index in [1.165, 1.54) is 0 Å².